The van der Waals surface area contributed by atoms with Crippen molar-refractivity contribution in [1.29, 1.82) is 10.5 Å². The fraction of sp³-hybridized carbons (Fsp3) is 0. The number of fused-ring (bicyclic) bond motifs is 14. The third-order valence-corrected chi connectivity index (χ3v) is 15.9. The highest BCUT2D eigenvalue weighted by atomic mass is 15.1. The number of aromatic nitrogens is 7. The van der Waals surface area contributed by atoms with E-state index in [-0.39, 0.29) is 0 Å². The molecule has 5 heterocycles. The van der Waals surface area contributed by atoms with Crippen LogP contribution in [-0.4, -0.2) is 33.2 Å². The first-order valence-electron chi connectivity index (χ1n) is 26.6. The van der Waals surface area contributed by atoms with Crippen LogP contribution in [0.2, 0.25) is 0 Å². The van der Waals surface area contributed by atoms with Crippen LogP contribution in [-0.2, 0) is 0 Å². The quantitative estimate of drug-likeness (QED) is 0.158. The van der Waals surface area contributed by atoms with E-state index in [9.17, 15) is 10.5 Å². The normalized spacial score (nSPS) is 11.7. The number of hydrogen-bond acceptors (Lipinski definition) is 5. The van der Waals surface area contributed by atoms with Crippen LogP contribution in [0.1, 0.15) is 11.1 Å². The number of nitriles is 2. The fourth-order valence-electron chi connectivity index (χ4n) is 12.5. The summed E-state index contributed by atoms with van der Waals surface area (Å²) < 4.78 is 9.33. The standard InChI is InChI=1S/C71H41N9/c72-42-44-32-36-61(79-59-30-16-12-26-53(59)65-63(79)38-34-51-49-24-10-14-28-57(49)77(67(51)65)47-20-6-2-7-21-47)55(40-44)70-74-69(46-18-4-1-5-19-46)75-71(76-70)56-41-45(43-73)33-37-62(56)80-60-31-17-13-27-54(60)66-64(80)39-35-52-50-25-11-15-29-58(50)78(68(52)66)48-22-8-3-9-23-48/h1-41H. The monoisotopic (exact) mass is 1020 g/mol. The lowest BCUT2D eigenvalue weighted by Gasteiger charge is -2.17. The zero-order chi connectivity index (χ0) is 53.0. The number of nitrogens with zero attached hydrogens (tertiary/aromatic N) is 9. The Balaban J connectivity index is 0.980. The summed E-state index contributed by atoms with van der Waals surface area (Å²) in [6.07, 6.45) is 0. The van der Waals surface area contributed by atoms with Gasteiger partial charge < -0.3 is 18.3 Å². The molecule has 0 fully saturated rings. The van der Waals surface area contributed by atoms with Gasteiger partial charge in [-0.15, -0.1) is 0 Å². The van der Waals surface area contributed by atoms with Crippen molar-refractivity contribution in [1.82, 2.24) is 33.2 Å². The van der Waals surface area contributed by atoms with Gasteiger partial charge >= 0.3 is 0 Å². The van der Waals surface area contributed by atoms with Crippen molar-refractivity contribution in [2.45, 2.75) is 0 Å². The van der Waals surface area contributed by atoms with Gasteiger partial charge in [-0.05, 0) is 97.1 Å². The van der Waals surface area contributed by atoms with Crippen molar-refractivity contribution < 1.29 is 0 Å². The molecule has 0 spiro atoms. The molecule has 16 rings (SSSR count). The highest BCUT2D eigenvalue weighted by Gasteiger charge is 2.27. The Morgan fingerprint density at radius 1 is 0.287 bits per heavy atom. The van der Waals surface area contributed by atoms with E-state index in [2.05, 4.69) is 212 Å². The second kappa shape index (κ2) is 17.6. The zero-order valence-corrected chi connectivity index (χ0v) is 42.7. The van der Waals surface area contributed by atoms with Crippen LogP contribution >= 0.6 is 0 Å². The molecular weight excluding hydrogens is 979 g/mol. The second-order valence-corrected chi connectivity index (χ2v) is 20.2. The molecule has 0 unspecified atom stereocenters. The Kier molecular flexibility index (Phi) is 9.86. The highest BCUT2D eigenvalue weighted by Crippen LogP contribution is 2.46. The molecule has 0 aliphatic carbocycles. The minimum Gasteiger partial charge on any atom is -0.309 e. The molecule has 16 aromatic rings. The molecule has 9 heteroatoms. The average molecular weight is 1020 g/mol. The lowest BCUT2D eigenvalue weighted by molar-refractivity contribution is 1.06. The number of rotatable bonds is 7. The summed E-state index contributed by atoms with van der Waals surface area (Å²) in [7, 11) is 0. The molecular formula is C71H41N9. The van der Waals surface area contributed by atoms with Gasteiger partial charge in [0.15, 0.2) is 17.5 Å². The van der Waals surface area contributed by atoms with Gasteiger partial charge in [0.1, 0.15) is 0 Å². The van der Waals surface area contributed by atoms with Crippen LogP contribution in [0.5, 0.6) is 0 Å². The first-order chi connectivity index (χ1) is 39.6. The number of para-hydroxylation sites is 6. The molecule has 0 N–H and O–H groups in total. The molecule has 370 valence electrons. The molecule has 0 radical (unpaired) electrons. The molecule has 0 amide bonds. The molecule has 0 saturated heterocycles. The van der Waals surface area contributed by atoms with E-state index in [1.54, 1.807) is 0 Å². The Morgan fingerprint density at radius 2 is 0.650 bits per heavy atom. The van der Waals surface area contributed by atoms with E-state index in [1.165, 1.54) is 10.8 Å². The van der Waals surface area contributed by atoms with Gasteiger partial charge in [-0.3, -0.25) is 0 Å². The maximum atomic E-state index is 10.7. The van der Waals surface area contributed by atoms with E-state index >= 15 is 0 Å². The van der Waals surface area contributed by atoms with Gasteiger partial charge in [0.05, 0.1) is 78.8 Å². The van der Waals surface area contributed by atoms with Crippen LogP contribution in [0.15, 0.2) is 249 Å². The van der Waals surface area contributed by atoms with Crippen molar-refractivity contribution in [3.8, 4) is 69.1 Å². The van der Waals surface area contributed by atoms with Gasteiger partial charge in [0, 0.05) is 71.2 Å². The second-order valence-electron chi connectivity index (χ2n) is 20.2. The van der Waals surface area contributed by atoms with E-state index in [1.807, 2.05) is 66.7 Å². The molecule has 5 aromatic heterocycles. The van der Waals surface area contributed by atoms with Crippen molar-refractivity contribution in [3.63, 3.8) is 0 Å². The summed E-state index contributed by atoms with van der Waals surface area (Å²) in [4.78, 5) is 16.2. The molecule has 0 atom stereocenters. The van der Waals surface area contributed by atoms with Crippen molar-refractivity contribution in [2.24, 2.45) is 0 Å². The van der Waals surface area contributed by atoms with Crippen LogP contribution in [0.4, 0.5) is 0 Å². The lowest BCUT2D eigenvalue weighted by atomic mass is 10.1. The fourth-order valence-corrected chi connectivity index (χ4v) is 12.5. The maximum absolute atomic E-state index is 10.7. The number of hydrogen-bond donors (Lipinski definition) is 0. The SMILES string of the molecule is N#Cc1ccc(-n2c3ccccc3c3c2ccc2c4ccccc4n(-c4ccccc4)c23)c(-c2nc(-c3ccccc3)nc(-c3cc(C#N)ccc3-n3c4ccccc4c4c3ccc3c5ccccc5n(-c5ccccc5)c34)n2)c1. The summed E-state index contributed by atoms with van der Waals surface area (Å²) in [5.41, 5.74) is 15.1. The summed E-state index contributed by atoms with van der Waals surface area (Å²) in [6.45, 7) is 0. The molecule has 11 aromatic carbocycles. The minimum absolute atomic E-state index is 0.371. The summed E-state index contributed by atoms with van der Waals surface area (Å²) >= 11 is 0. The maximum Gasteiger partial charge on any atom is 0.166 e. The van der Waals surface area contributed by atoms with Crippen LogP contribution in [0.3, 0.4) is 0 Å². The average Bonchev–Trinajstić information content (AvgIpc) is 3.92. The van der Waals surface area contributed by atoms with Crippen LogP contribution in [0.25, 0.3) is 144 Å². The number of benzene rings is 11. The molecule has 0 bridgehead atoms. The molecule has 0 aliphatic heterocycles. The Hall–Kier alpha value is -11.4. The Morgan fingerprint density at radius 3 is 1.07 bits per heavy atom. The van der Waals surface area contributed by atoms with Gasteiger partial charge in [-0.25, -0.2) is 15.0 Å². The minimum atomic E-state index is 0.371. The lowest BCUT2D eigenvalue weighted by Crippen LogP contribution is -2.06. The molecule has 0 aliphatic rings. The molecule has 80 heavy (non-hydrogen) atoms. The van der Waals surface area contributed by atoms with Gasteiger partial charge in [0.2, 0.25) is 0 Å². The van der Waals surface area contributed by atoms with Crippen molar-refractivity contribution in [3.05, 3.63) is 260 Å². The molecule has 0 saturated carbocycles. The van der Waals surface area contributed by atoms with E-state index in [0.29, 0.717) is 39.7 Å². The Labute approximate surface area is 457 Å². The van der Waals surface area contributed by atoms with Gasteiger partial charge in [0.25, 0.3) is 0 Å². The van der Waals surface area contributed by atoms with E-state index < -0.39 is 0 Å². The van der Waals surface area contributed by atoms with Gasteiger partial charge in [-0.1, -0.05) is 152 Å². The third kappa shape index (κ3) is 6.59. The van der Waals surface area contributed by atoms with Crippen LogP contribution < -0.4 is 0 Å². The first-order valence-corrected chi connectivity index (χ1v) is 26.6. The van der Waals surface area contributed by atoms with E-state index in [4.69, 9.17) is 15.0 Å². The summed E-state index contributed by atoms with van der Waals surface area (Å²) in [5.74, 6) is 1.19. The molecule has 9 nitrogen and oxygen atoms in total. The van der Waals surface area contributed by atoms with Crippen molar-refractivity contribution >= 4 is 87.2 Å². The van der Waals surface area contributed by atoms with E-state index in [0.717, 1.165) is 105 Å². The highest BCUT2D eigenvalue weighted by molar-refractivity contribution is 6.28. The largest absolute Gasteiger partial charge is 0.309 e. The summed E-state index contributed by atoms with van der Waals surface area (Å²) in [6, 6.07) is 90.5. The Bertz CT molecular complexity index is 5010. The third-order valence-electron chi connectivity index (χ3n) is 15.9. The van der Waals surface area contributed by atoms with Crippen molar-refractivity contribution in [2.75, 3.05) is 0 Å². The van der Waals surface area contributed by atoms with Gasteiger partial charge in [-0.2, -0.15) is 10.5 Å². The van der Waals surface area contributed by atoms with Crippen LogP contribution in [0, 0.1) is 22.7 Å². The zero-order valence-electron chi connectivity index (χ0n) is 42.7. The predicted octanol–water partition coefficient (Wildman–Crippen LogP) is 17.0. The topological polar surface area (TPSA) is 106 Å². The first kappa shape index (κ1) is 44.9. The smallest absolute Gasteiger partial charge is 0.166 e. The summed E-state index contributed by atoms with van der Waals surface area (Å²) in [5, 5.41) is 30.3. The predicted molar refractivity (Wildman–Crippen MR) is 323 cm³/mol.